The zero-order valence-corrected chi connectivity index (χ0v) is 19.3. The molecular weight excluding hydrogens is 368 g/mol. The van der Waals surface area contributed by atoms with Crippen LogP contribution in [0.3, 0.4) is 0 Å². The van der Waals surface area contributed by atoms with Crippen LogP contribution in [-0.4, -0.2) is 59.4 Å². The fourth-order valence-corrected chi connectivity index (χ4v) is 3.71. The third-order valence-electron chi connectivity index (χ3n) is 5.29. The number of nitrogens with zero attached hydrogens (tertiary/aromatic N) is 2. The smallest absolute Gasteiger partial charge is 0.410 e. The first-order valence-electron chi connectivity index (χ1n) is 10.9. The SMILES string of the molecule is C=C1CCCN(C(=O)OC(C)(C)C)C1.CC(C)(C)OC(=O)N1CCCC2(CC2)C1. The second-order valence-corrected chi connectivity index (χ2v) is 10.8. The van der Waals surface area contributed by atoms with E-state index in [1.165, 1.54) is 19.3 Å². The van der Waals surface area contributed by atoms with Crippen LogP contribution in [0.1, 0.15) is 80.1 Å². The molecule has 2 saturated heterocycles. The van der Waals surface area contributed by atoms with Gasteiger partial charge in [0.15, 0.2) is 0 Å². The van der Waals surface area contributed by atoms with E-state index in [1.807, 2.05) is 46.4 Å². The second kappa shape index (κ2) is 8.97. The van der Waals surface area contributed by atoms with E-state index in [2.05, 4.69) is 6.58 Å². The van der Waals surface area contributed by atoms with E-state index >= 15 is 0 Å². The Balaban J connectivity index is 0.000000208. The summed E-state index contributed by atoms with van der Waals surface area (Å²) in [6, 6.07) is 0. The summed E-state index contributed by atoms with van der Waals surface area (Å²) in [5.74, 6) is 0. The van der Waals surface area contributed by atoms with Gasteiger partial charge in [-0.15, -0.1) is 0 Å². The van der Waals surface area contributed by atoms with Crippen LogP contribution in [0.25, 0.3) is 0 Å². The molecule has 0 N–H and O–H groups in total. The molecule has 3 aliphatic rings. The lowest BCUT2D eigenvalue weighted by Crippen LogP contribution is -2.43. The monoisotopic (exact) mass is 408 g/mol. The highest BCUT2D eigenvalue weighted by molar-refractivity contribution is 5.69. The first-order chi connectivity index (χ1) is 13.3. The van der Waals surface area contributed by atoms with Gasteiger partial charge in [0.25, 0.3) is 0 Å². The highest BCUT2D eigenvalue weighted by Crippen LogP contribution is 2.52. The maximum atomic E-state index is 11.8. The lowest BCUT2D eigenvalue weighted by atomic mass is 9.95. The number of rotatable bonds is 0. The van der Waals surface area contributed by atoms with E-state index in [9.17, 15) is 9.59 Å². The van der Waals surface area contributed by atoms with Crippen LogP contribution in [0, 0.1) is 5.41 Å². The summed E-state index contributed by atoms with van der Waals surface area (Å²) in [5.41, 5.74) is 0.818. The molecule has 2 heterocycles. The van der Waals surface area contributed by atoms with Crippen molar-refractivity contribution in [3.05, 3.63) is 12.2 Å². The minimum absolute atomic E-state index is 0.131. The lowest BCUT2D eigenvalue weighted by molar-refractivity contribution is 0.0147. The van der Waals surface area contributed by atoms with Crippen LogP contribution < -0.4 is 0 Å². The van der Waals surface area contributed by atoms with Crippen LogP contribution in [0.15, 0.2) is 12.2 Å². The molecule has 1 aliphatic carbocycles. The van der Waals surface area contributed by atoms with Crippen LogP contribution >= 0.6 is 0 Å². The number of ether oxygens (including phenoxy) is 2. The van der Waals surface area contributed by atoms with Gasteiger partial charge in [0.2, 0.25) is 0 Å². The van der Waals surface area contributed by atoms with Gasteiger partial charge in [-0.2, -0.15) is 0 Å². The Morgan fingerprint density at radius 3 is 1.86 bits per heavy atom. The van der Waals surface area contributed by atoms with Gasteiger partial charge in [-0.25, -0.2) is 9.59 Å². The quantitative estimate of drug-likeness (QED) is 0.506. The van der Waals surface area contributed by atoms with Crippen molar-refractivity contribution in [1.29, 1.82) is 0 Å². The molecule has 6 nitrogen and oxygen atoms in total. The third-order valence-corrected chi connectivity index (χ3v) is 5.29. The Labute approximate surface area is 176 Å². The molecule has 166 valence electrons. The first kappa shape index (κ1) is 23.6. The second-order valence-electron chi connectivity index (χ2n) is 10.8. The number of likely N-dealkylation sites (tertiary alicyclic amines) is 2. The molecule has 0 aromatic heterocycles. The van der Waals surface area contributed by atoms with Crippen molar-refractivity contribution in [2.45, 2.75) is 91.3 Å². The molecule has 1 saturated carbocycles. The van der Waals surface area contributed by atoms with Crippen molar-refractivity contribution in [2.24, 2.45) is 5.41 Å². The van der Waals surface area contributed by atoms with Crippen molar-refractivity contribution in [3.63, 3.8) is 0 Å². The molecule has 0 unspecified atom stereocenters. The van der Waals surface area contributed by atoms with Crippen LogP contribution in [-0.2, 0) is 9.47 Å². The third kappa shape index (κ3) is 8.27. The molecule has 2 aliphatic heterocycles. The minimum Gasteiger partial charge on any atom is -0.444 e. The van der Waals surface area contributed by atoms with Crippen molar-refractivity contribution in [3.8, 4) is 0 Å². The van der Waals surface area contributed by atoms with Crippen molar-refractivity contribution >= 4 is 12.2 Å². The van der Waals surface area contributed by atoms with Gasteiger partial charge in [0.05, 0.1) is 0 Å². The number of piperidine rings is 2. The summed E-state index contributed by atoms with van der Waals surface area (Å²) in [6.45, 7) is 18.5. The average molecular weight is 409 g/mol. The molecular formula is C23H40N2O4. The zero-order valence-electron chi connectivity index (χ0n) is 19.3. The summed E-state index contributed by atoms with van der Waals surface area (Å²) < 4.78 is 10.7. The fraction of sp³-hybridized carbons (Fsp3) is 0.826. The molecule has 0 aromatic rings. The molecule has 2 amide bonds. The van der Waals surface area contributed by atoms with Gasteiger partial charge in [0.1, 0.15) is 11.2 Å². The molecule has 0 bridgehead atoms. The van der Waals surface area contributed by atoms with Crippen molar-refractivity contribution in [1.82, 2.24) is 9.80 Å². The predicted octanol–water partition coefficient (Wildman–Crippen LogP) is 5.37. The van der Waals surface area contributed by atoms with E-state index in [-0.39, 0.29) is 17.8 Å². The van der Waals surface area contributed by atoms with Crippen LogP contribution in [0.4, 0.5) is 9.59 Å². The Bertz CT molecular complexity index is 611. The summed E-state index contributed by atoms with van der Waals surface area (Å²) in [6.07, 6.45) is 6.70. The van der Waals surface area contributed by atoms with E-state index in [0.29, 0.717) is 12.0 Å². The summed E-state index contributed by atoms with van der Waals surface area (Å²) in [4.78, 5) is 27.1. The number of carbonyl (C=O) groups excluding carboxylic acids is 2. The topological polar surface area (TPSA) is 59.1 Å². The Hall–Kier alpha value is -1.72. The van der Waals surface area contributed by atoms with Crippen molar-refractivity contribution in [2.75, 3.05) is 26.2 Å². The standard InChI is InChI=1S/C12H21NO2.C11H19NO2/c1-11(2,3)15-10(14)13-8-4-5-12(9-13)6-7-12;1-9-6-5-7-12(8-9)10(13)14-11(2,3)4/h4-9H2,1-3H3;1,5-8H2,2-4H3. The lowest BCUT2D eigenvalue weighted by Gasteiger charge is -2.34. The van der Waals surface area contributed by atoms with E-state index < -0.39 is 5.60 Å². The summed E-state index contributed by atoms with van der Waals surface area (Å²) in [7, 11) is 0. The predicted molar refractivity (Wildman–Crippen MR) is 115 cm³/mol. The highest BCUT2D eigenvalue weighted by Gasteiger charge is 2.46. The minimum atomic E-state index is -0.407. The molecule has 0 radical (unpaired) electrons. The summed E-state index contributed by atoms with van der Waals surface area (Å²) in [5, 5.41) is 0. The maximum absolute atomic E-state index is 11.8. The number of carbonyl (C=O) groups is 2. The average Bonchev–Trinajstić information content (AvgIpc) is 3.31. The molecule has 1 spiro atoms. The largest absolute Gasteiger partial charge is 0.444 e. The number of amides is 2. The van der Waals surface area contributed by atoms with Gasteiger partial charge in [-0.1, -0.05) is 12.2 Å². The Morgan fingerprint density at radius 1 is 0.862 bits per heavy atom. The fourth-order valence-electron chi connectivity index (χ4n) is 3.71. The van der Waals surface area contributed by atoms with E-state index in [0.717, 1.165) is 44.5 Å². The van der Waals surface area contributed by atoms with Crippen molar-refractivity contribution < 1.29 is 19.1 Å². The zero-order chi connectivity index (χ0) is 21.9. The Kier molecular flexibility index (Phi) is 7.28. The molecule has 29 heavy (non-hydrogen) atoms. The van der Waals surface area contributed by atoms with E-state index in [1.54, 1.807) is 4.90 Å². The number of hydrogen-bond acceptors (Lipinski definition) is 4. The first-order valence-corrected chi connectivity index (χ1v) is 10.9. The molecule has 3 fully saturated rings. The maximum Gasteiger partial charge on any atom is 0.410 e. The van der Waals surface area contributed by atoms with Gasteiger partial charge < -0.3 is 19.3 Å². The highest BCUT2D eigenvalue weighted by atomic mass is 16.6. The van der Waals surface area contributed by atoms with E-state index in [4.69, 9.17) is 9.47 Å². The van der Waals surface area contributed by atoms with Crippen LogP contribution in [0.2, 0.25) is 0 Å². The Morgan fingerprint density at radius 2 is 1.38 bits per heavy atom. The molecule has 0 atom stereocenters. The van der Waals surface area contributed by atoms with Gasteiger partial charge in [-0.05, 0) is 85.5 Å². The molecule has 6 heteroatoms. The van der Waals surface area contributed by atoms with Gasteiger partial charge >= 0.3 is 12.2 Å². The van der Waals surface area contributed by atoms with Gasteiger partial charge in [-0.3, -0.25) is 0 Å². The summed E-state index contributed by atoms with van der Waals surface area (Å²) >= 11 is 0. The normalized spacial score (nSPS) is 21.2. The molecule has 0 aromatic carbocycles. The molecule has 3 rings (SSSR count). The van der Waals surface area contributed by atoms with Gasteiger partial charge in [0, 0.05) is 26.2 Å². The van der Waals surface area contributed by atoms with Crippen LogP contribution in [0.5, 0.6) is 0 Å². The number of hydrogen-bond donors (Lipinski definition) is 0.